The fourth-order valence-corrected chi connectivity index (χ4v) is 1.96. The highest BCUT2D eigenvalue weighted by atomic mass is 16.5. The Kier molecular flexibility index (Phi) is 4.17. The maximum absolute atomic E-state index is 6.00. The van der Waals surface area contributed by atoms with Gasteiger partial charge in [0.2, 0.25) is 0 Å². The van der Waals surface area contributed by atoms with Gasteiger partial charge in [-0.05, 0) is 37.5 Å². The van der Waals surface area contributed by atoms with Crippen molar-refractivity contribution >= 4 is 5.69 Å². The quantitative estimate of drug-likeness (QED) is 0.910. The first kappa shape index (κ1) is 13.6. The number of hydrogen-bond acceptors (Lipinski definition) is 3. The van der Waals surface area contributed by atoms with E-state index in [0.717, 1.165) is 22.5 Å². The lowest BCUT2D eigenvalue weighted by Gasteiger charge is -2.15. The molecule has 3 nitrogen and oxygen atoms in total. The minimum absolute atomic E-state index is 0.0462. The van der Waals surface area contributed by atoms with Gasteiger partial charge >= 0.3 is 0 Å². The van der Waals surface area contributed by atoms with E-state index in [2.05, 4.69) is 17.1 Å². The van der Waals surface area contributed by atoms with Gasteiger partial charge in [-0.1, -0.05) is 30.3 Å². The van der Waals surface area contributed by atoms with E-state index in [1.54, 1.807) is 6.20 Å². The maximum atomic E-state index is 6.00. The molecule has 0 aliphatic heterocycles. The van der Waals surface area contributed by atoms with E-state index in [1.165, 1.54) is 5.56 Å². The van der Waals surface area contributed by atoms with Crippen molar-refractivity contribution in [1.82, 2.24) is 4.98 Å². The number of aromatic nitrogens is 1. The summed E-state index contributed by atoms with van der Waals surface area (Å²) in [4.78, 5) is 4.40. The molecule has 1 unspecified atom stereocenters. The molecule has 1 aromatic heterocycles. The van der Waals surface area contributed by atoms with Gasteiger partial charge in [-0.15, -0.1) is 0 Å². The van der Waals surface area contributed by atoms with E-state index < -0.39 is 0 Å². The Hall–Kier alpha value is -1.87. The second-order valence-corrected chi connectivity index (χ2v) is 4.79. The number of pyridine rings is 1. The minimum Gasteiger partial charge on any atom is -0.398 e. The Labute approximate surface area is 114 Å². The van der Waals surface area contributed by atoms with Crippen LogP contribution in [-0.4, -0.2) is 4.98 Å². The van der Waals surface area contributed by atoms with Crippen molar-refractivity contribution in [3.8, 4) is 0 Å². The summed E-state index contributed by atoms with van der Waals surface area (Å²) in [7, 11) is 0. The molecule has 0 aliphatic rings. The molecule has 3 heteroatoms. The molecule has 0 saturated heterocycles. The summed E-state index contributed by atoms with van der Waals surface area (Å²) in [6.45, 7) is 6.47. The van der Waals surface area contributed by atoms with Crippen LogP contribution in [0, 0.1) is 13.8 Å². The predicted octanol–water partition coefficient (Wildman–Crippen LogP) is 3.56. The first-order valence-electron chi connectivity index (χ1n) is 6.46. The van der Waals surface area contributed by atoms with E-state index in [1.807, 2.05) is 39.0 Å². The molecule has 1 atom stereocenters. The monoisotopic (exact) mass is 256 g/mol. The summed E-state index contributed by atoms with van der Waals surface area (Å²) < 4.78 is 5.87. The zero-order chi connectivity index (χ0) is 13.8. The molecule has 0 radical (unpaired) electrons. The van der Waals surface area contributed by atoms with E-state index in [-0.39, 0.29) is 6.10 Å². The van der Waals surface area contributed by atoms with Crippen molar-refractivity contribution in [3.63, 3.8) is 0 Å². The molecular weight excluding hydrogens is 236 g/mol. The molecule has 2 N–H and O–H groups in total. The Morgan fingerprint density at radius 3 is 2.58 bits per heavy atom. The topological polar surface area (TPSA) is 48.1 Å². The minimum atomic E-state index is 0.0462. The second kappa shape index (κ2) is 5.85. The third-order valence-corrected chi connectivity index (χ3v) is 3.41. The number of hydrogen-bond donors (Lipinski definition) is 1. The van der Waals surface area contributed by atoms with Gasteiger partial charge in [-0.2, -0.15) is 0 Å². The summed E-state index contributed by atoms with van der Waals surface area (Å²) in [5, 5.41) is 0. The first-order chi connectivity index (χ1) is 9.09. The van der Waals surface area contributed by atoms with Crippen molar-refractivity contribution in [1.29, 1.82) is 0 Å². The zero-order valence-corrected chi connectivity index (χ0v) is 11.7. The highest BCUT2D eigenvalue weighted by Crippen LogP contribution is 2.22. The van der Waals surface area contributed by atoms with Crippen LogP contribution in [0.25, 0.3) is 0 Å². The van der Waals surface area contributed by atoms with Gasteiger partial charge in [0.05, 0.1) is 18.4 Å². The number of nitrogens with two attached hydrogens (primary N) is 1. The number of rotatable bonds is 4. The van der Waals surface area contributed by atoms with E-state index in [9.17, 15) is 0 Å². The molecule has 0 aliphatic carbocycles. The second-order valence-electron chi connectivity index (χ2n) is 4.79. The third-order valence-electron chi connectivity index (χ3n) is 3.41. The highest BCUT2D eigenvalue weighted by Gasteiger charge is 2.09. The van der Waals surface area contributed by atoms with E-state index in [0.29, 0.717) is 6.61 Å². The third kappa shape index (κ3) is 3.12. The van der Waals surface area contributed by atoms with Gasteiger partial charge in [0.25, 0.3) is 0 Å². The average molecular weight is 256 g/mol. The van der Waals surface area contributed by atoms with Crippen LogP contribution < -0.4 is 5.73 Å². The molecule has 100 valence electrons. The van der Waals surface area contributed by atoms with Crippen LogP contribution >= 0.6 is 0 Å². The number of benzene rings is 1. The molecule has 2 aromatic rings. The van der Waals surface area contributed by atoms with Crippen molar-refractivity contribution in [2.45, 2.75) is 33.5 Å². The summed E-state index contributed by atoms with van der Waals surface area (Å²) in [6, 6.07) is 10.2. The lowest BCUT2D eigenvalue weighted by molar-refractivity contribution is 0.0502. The Balaban J connectivity index is 2.05. The summed E-state index contributed by atoms with van der Waals surface area (Å²) in [5.74, 6) is 0. The van der Waals surface area contributed by atoms with Gasteiger partial charge in [0.1, 0.15) is 0 Å². The summed E-state index contributed by atoms with van der Waals surface area (Å²) in [6.07, 6.45) is 1.85. The normalized spacial score (nSPS) is 12.4. The number of ether oxygens (including phenoxy) is 1. The Bertz CT molecular complexity index is 552. The molecular formula is C16H20N2O. The Morgan fingerprint density at radius 1 is 1.21 bits per heavy atom. The summed E-state index contributed by atoms with van der Waals surface area (Å²) in [5.41, 5.74) is 10.9. The van der Waals surface area contributed by atoms with Crippen LogP contribution in [0.15, 0.2) is 36.5 Å². The van der Waals surface area contributed by atoms with Gasteiger partial charge in [0, 0.05) is 11.9 Å². The fraction of sp³-hybridized carbons (Fsp3) is 0.312. The van der Waals surface area contributed by atoms with Crippen LogP contribution in [0.4, 0.5) is 5.69 Å². The molecule has 0 fully saturated rings. The van der Waals surface area contributed by atoms with Crippen LogP contribution in [0.3, 0.4) is 0 Å². The van der Waals surface area contributed by atoms with Crippen molar-refractivity contribution in [3.05, 3.63) is 58.9 Å². The lowest BCUT2D eigenvalue weighted by atomic mass is 10.1. The van der Waals surface area contributed by atoms with E-state index in [4.69, 9.17) is 10.5 Å². The van der Waals surface area contributed by atoms with Crippen LogP contribution in [0.5, 0.6) is 0 Å². The smallest absolute Gasteiger partial charge is 0.0899 e. The zero-order valence-electron chi connectivity index (χ0n) is 11.7. The molecule has 0 spiro atoms. The number of nitrogen functional groups attached to an aromatic ring is 1. The number of aryl methyl sites for hydroxylation is 1. The van der Waals surface area contributed by atoms with Crippen molar-refractivity contribution in [2.75, 3.05) is 5.73 Å². The number of nitrogens with zero attached hydrogens (tertiary/aromatic N) is 1. The van der Waals surface area contributed by atoms with Crippen molar-refractivity contribution in [2.24, 2.45) is 0 Å². The molecule has 1 heterocycles. The van der Waals surface area contributed by atoms with Gasteiger partial charge in [-0.25, -0.2) is 0 Å². The van der Waals surface area contributed by atoms with Gasteiger partial charge < -0.3 is 10.5 Å². The number of anilines is 1. The molecule has 2 rings (SSSR count). The SMILES string of the molecule is Cc1cnc(COC(C)c2ccccc2)c(C)c1N. The standard InChI is InChI=1S/C16H20N2O/c1-11-9-18-15(12(2)16(11)17)10-19-13(3)14-7-5-4-6-8-14/h4-9,13H,10H2,1-3H3,(H2,17,18). The predicted molar refractivity (Wildman–Crippen MR) is 77.8 cm³/mol. The fourth-order valence-electron chi connectivity index (χ4n) is 1.96. The molecule has 0 bridgehead atoms. The highest BCUT2D eigenvalue weighted by molar-refractivity contribution is 5.53. The van der Waals surface area contributed by atoms with E-state index >= 15 is 0 Å². The van der Waals surface area contributed by atoms with Gasteiger partial charge in [-0.3, -0.25) is 4.98 Å². The Morgan fingerprint density at radius 2 is 1.89 bits per heavy atom. The maximum Gasteiger partial charge on any atom is 0.0899 e. The van der Waals surface area contributed by atoms with Crippen LogP contribution in [0.1, 0.15) is 35.4 Å². The molecule has 0 saturated carbocycles. The molecule has 0 amide bonds. The average Bonchev–Trinajstić information content (AvgIpc) is 2.45. The van der Waals surface area contributed by atoms with Crippen LogP contribution in [-0.2, 0) is 11.3 Å². The first-order valence-corrected chi connectivity index (χ1v) is 6.46. The van der Waals surface area contributed by atoms with Gasteiger partial charge in [0.15, 0.2) is 0 Å². The lowest BCUT2D eigenvalue weighted by Crippen LogP contribution is -2.06. The summed E-state index contributed by atoms with van der Waals surface area (Å²) >= 11 is 0. The van der Waals surface area contributed by atoms with Crippen molar-refractivity contribution < 1.29 is 4.74 Å². The van der Waals surface area contributed by atoms with Crippen LogP contribution in [0.2, 0.25) is 0 Å². The molecule has 19 heavy (non-hydrogen) atoms. The largest absolute Gasteiger partial charge is 0.398 e. The molecule has 1 aromatic carbocycles.